The van der Waals surface area contributed by atoms with E-state index >= 15 is 0 Å². The predicted molar refractivity (Wildman–Crippen MR) is 77.6 cm³/mol. The van der Waals surface area contributed by atoms with E-state index in [2.05, 4.69) is 5.32 Å². The van der Waals surface area contributed by atoms with Gasteiger partial charge in [0.1, 0.15) is 10.8 Å². The second-order valence-electron chi connectivity index (χ2n) is 4.66. The second-order valence-corrected chi connectivity index (χ2v) is 7.33. The molecule has 104 valence electrons. The molecule has 1 heterocycles. The molecule has 7 heteroatoms. The molecule has 1 unspecified atom stereocenters. The van der Waals surface area contributed by atoms with Crippen LogP contribution in [0.4, 0.5) is 10.1 Å². The first-order valence-electron chi connectivity index (χ1n) is 5.94. The van der Waals surface area contributed by atoms with Crippen molar-refractivity contribution in [1.82, 2.24) is 0 Å². The van der Waals surface area contributed by atoms with E-state index in [1.807, 2.05) is 0 Å². The summed E-state index contributed by atoms with van der Waals surface area (Å²) in [5.41, 5.74) is 6.15. The molecule has 1 aliphatic rings. The van der Waals surface area contributed by atoms with Gasteiger partial charge in [0.25, 0.3) is 0 Å². The van der Waals surface area contributed by atoms with Crippen molar-refractivity contribution in [2.45, 2.75) is 18.9 Å². The molecule has 19 heavy (non-hydrogen) atoms. The third kappa shape index (κ3) is 3.63. The lowest BCUT2D eigenvalue weighted by molar-refractivity contribution is 0.559. The summed E-state index contributed by atoms with van der Waals surface area (Å²) >= 11 is 4.77. The van der Waals surface area contributed by atoms with Crippen LogP contribution in [-0.4, -0.2) is 31.0 Å². The molecule has 0 radical (unpaired) electrons. The normalized spacial score (nSPS) is 21.8. The van der Waals surface area contributed by atoms with Crippen LogP contribution in [0, 0.1) is 5.82 Å². The molecule has 0 bridgehead atoms. The molecule has 3 N–H and O–H groups in total. The molecular formula is C12H15FN2O2S2. The van der Waals surface area contributed by atoms with Crippen LogP contribution in [0.1, 0.15) is 18.4 Å². The molecule has 0 aromatic heterocycles. The van der Waals surface area contributed by atoms with Crippen molar-refractivity contribution in [2.24, 2.45) is 5.73 Å². The van der Waals surface area contributed by atoms with E-state index < -0.39 is 15.7 Å². The number of rotatable bonds is 3. The number of benzene rings is 1. The number of hydrogen-bond donors (Lipinski definition) is 2. The fourth-order valence-electron chi connectivity index (χ4n) is 2.14. The molecule has 1 aromatic rings. The van der Waals surface area contributed by atoms with Crippen LogP contribution in [0.15, 0.2) is 18.2 Å². The van der Waals surface area contributed by atoms with Gasteiger partial charge in [0.05, 0.1) is 17.2 Å². The summed E-state index contributed by atoms with van der Waals surface area (Å²) in [4.78, 5) is 0.130. The van der Waals surface area contributed by atoms with E-state index in [1.54, 1.807) is 6.07 Å². The Kier molecular flexibility index (Phi) is 4.05. The van der Waals surface area contributed by atoms with Crippen LogP contribution in [-0.2, 0) is 9.84 Å². The lowest BCUT2D eigenvalue weighted by Gasteiger charge is -2.24. The number of nitrogens with two attached hydrogens (primary N) is 1. The van der Waals surface area contributed by atoms with E-state index in [0.717, 1.165) is 6.42 Å². The minimum Gasteiger partial charge on any atom is -0.389 e. The van der Waals surface area contributed by atoms with Crippen molar-refractivity contribution < 1.29 is 12.8 Å². The zero-order valence-electron chi connectivity index (χ0n) is 10.2. The molecule has 0 spiro atoms. The Labute approximate surface area is 117 Å². The Morgan fingerprint density at radius 3 is 2.79 bits per heavy atom. The van der Waals surface area contributed by atoms with Crippen molar-refractivity contribution in [3.05, 3.63) is 29.6 Å². The maximum absolute atomic E-state index is 13.8. The average Bonchev–Trinajstić information content (AvgIpc) is 2.30. The highest BCUT2D eigenvalue weighted by Gasteiger charge is 2.25. The fraction of sp³-hybridized carbons (Fsp3) is 0.417. The average molecular weight is 302 g/mol. The lowest BCUT2D eigenvalue weighted by atomic mass is 10.1. The smallest absolute Gasteiger partial charge is 0.152 e. The van der Waals surface area contributed by atoms with Gasteiger partial charge >= 0.3 is 0 Å². The SMILES string of the molecule is NC(=S)c1ccc(NC2CCCS(=O)(=O)C2)c(F)c1. The number of halogens is 1. The van der Waals surface area contributed by atoms with Crippen molar-refractivity contribution >= 4 is 32.7 Å². The number of nitrogens with one attached hydrogen (secondary N) is 1. The zero-order valence-corrected chi connectivity index (χ0v) is 11.9. The largest absolute Gasteiger partial charge is 0.389 e. The molecule has 1 aliphatic heterocycles. The number of thiocarbonyl (C=S) groups is 1. The molecule has 1 atom stereocenters. The van der Waals surface area contributed by atoms with Gasteiger partial charge in [-0.1, -0.05) is 12.2 Å². The third-order valence-electron chi connectivity index (χ3n) is 3.08. The van der Waals surface area contributed by atoms with Crippen LogP contribution in [0.2, 0.25) is 0 Å². The first-order valence-corrected chi connectivity index (χ1v) is 8.17. The van der Waals surface area contributed by atoms with Gasteiger partial charge in [-0.25, -0.2) is 12.8 Å². The first-order chi connectivity index (χ1) is 8.87. The first kappa shape index (κ1) is 14.2. The Bertz CT molecular complexity index is 602. The van der Waals surface area contributed by atoms with Gasteiger partial charge in [0.2, 0.25) is 0 Å². The minimum atomic E-state index is -3.01. The highest BCUT2D eigenvalue weighted by atomic mass is 32.2. The molecule has 2 rings (SSSR count). The van der Waals surface area contributed by atoms with Gasteiger partial charge in [-0.05, 0) is 31.0 Å². The van der Waals surface area contributed by atoms with Crippen LogP contribution in [0.3, 0.4) is 0 Å². The van der Waals surface area contributed by atoms with Crippen molar-refractivity contribution in [3.8, 4) is 0 Å². The monoisotopic (exact) mass is 302 g/mol. The zero-order chi connectivity index (χ0) is 14.0. The summed E-state index contributed by atoms with van der Waals surface area (Å²) in [6.07, 6.45) is 1.32. The summed E-state index contributed by atoms with van der Waals surface area (Å²) in [6, 6.07) is 4.15. The predicted octanol–water partition coefficient (Wildman–Crippen LogP) is 1.45. The molecule has 0 amide bonds. The Balaban J connectivity index is 2.13. The van der Waals surface area contributed by atoms with Gasteiger partial charge in [0, 0.05) is 11.6 Å². The number of sulfone groups is 1. The Morgan fingerprint density at radius 2 is 2.21 bits per heavy atom. The molecular weight excluding hydrogens is 287 g/mol. The summed E-state index contributed by atoms with van der Waals surface area (Å²) in [7, 11) is -3.01. The quantitative estimate of drug-likeness (QED) is 0.827. The van der Waals surface area contributed by atoms with Crippen molar-refractivity contribution in [1.29, 1.82) is 0 Å². The van der Waals surface area contributed by atoms with Gasteiger partial charge in [-0.15, -0.1) is 0 Å². The highest BCUT2D eigenvalue weighted by Crippen LogP contribution is 2.21. The standard InChI is InChI=1S/C12H15FN2O2S2/c13-10-6-8(12(14)18)3-4-11(10)15-9-2-1-5-19(16,17)7-9/h3-4,6,9,15H,1-2,5,7H2,(H2,14,18). The van der Waals surface area contributed by atoms with Crippen molar-refractivity contribution in [2.75, 3.05) is 16.8 Å². The Morgan fingerprint density at radius 1 is 1.47 bits per heavy atom. The molecule has 4 nitrogen and oxygen atoms in total. The summed E-state index contributed by atoms with van der Waals surface area (Å²) in [5.74, 6) is -0.217. The number of anilines is 1. The molecule has 1 aromatic carbocycles. The minimum absolute atomic E-state index is 0.0451. The van der Waals surface area contributed by atoms with E-state index in [4.69, 9.17) is 18.0 Å². The second kappa shape index (κ2) is 5.42. The molecule has 1 fully saturated rings. The topological polar surface area (TPSA) is 72.2 Å². The summed E-state index contributed by atoms with van der Waals surface area (Å²) in [6.45, 7) is 0. The van der Waals surface area contributed by atoms with Gasteiger partial charge in [-0.2, -0.15) is 0 Å². The maximum Gasteiger partial charge on any atom is 0.152 e. The van der Waals surface area contributed by atoms with Crippen LogP contribution in [0.25, 0.3) is 0 Å². The number of hydrogen-bond acceptors (Lipinski definition) is 4. The highest BCUT2D eigenvalue weighted by molar-refractivity contribution is 7.91. The van der Waals surface area contributed by atoms with E-state index in [1.165, 1.54) is 12.1 Å². The lowest BCUT2D eigenvalue weighted by Crippen LogP contribution is -2.35. The van der Waals surface area contributed by atoms with Crippen LogP contribution in [0.5, 0.6) is 0 Å². The van der Waals surface area contributed by atoms with Crippen LogP contribution < -0.4 is 11.1 Å². The summed E-state index contributed by atoms with van der Waals surface area (Å²) < 4.78 is 36.9. The van der Waals surface area contributed by atoms with Gasteiger partial charge < -0.3 is 11.1 Å². The fourth-order valence-corrected chi connectivity index (χ4v) is 3.91. The third-order valence-corrected chi connectivity index (χ3v) is 5.13. The molecule has 0 aliphatic carbocycles. The Hall–Kier alpha value is -1.21. The van der Waals surface area contributed by atoms with E-state index in [9.17, 15) is 12.8 Å². The van der Waals surface area contributed by atoms with Crippen molar-refractivity contribution in [3.63, 3.8) is 0 Å². The summed E-state index contributed by atoms with van der Waals surface area (Å²) in [5, 5.41) is 2.93. The maximum atomic E-state index is 13.8. The van der Waals surface area contributed by atoms with E-state index in [-0.39, 0.29) is 28.2 Å². The van der Waals surface area contributed by atoms with Gasteiger partial charge in [-0.3, -0.25) is 0 Å². The van der Waals surface area contributed by atoms with E-state index in [0.29, 0.717) is 12.0 Å². The molecule has 0 saturated carbocycles. The molecule has 1 saturated heterocycles. The van der Waals surface area contributed by atoms with Gasteiger partial charge in [0.15, 0.2) is 9.84 Å². The van der Waals surface area contributed by atoms with Crippen LogP contribution >= 0.6 is 12.2 Å².